The van der Waals surface area contributed by atoms with Crippen molar-refractivity contribution >= 4 is 27.8 Å². The fourth-order valence-corrected chi connectivity index (χ4v) is 4.22. The molecule has 0 aliphatic carbocycles. The summed E-state index contributed by atoms with van der Waals surface area (Å²) in [5.74, 6) is 0.486. The first-order valence-corrected chi connectivity index (χ1v) is 9.44. The summed E-state index contributed by atoms with van der Waals surface area (Å²) in [6.07, 6.45) is 8.37. The van der Waals surface area contributed by atoms with E-state index < -0.39 is 9.84 Å². The monoisotopic (exact) mass is 350 g/mol. The number of sulfone groups is 1. The Morgan fingerprint density at radius 3 is 2.54 bits per heavy atom. The van der Waals surface area contributed by atoms with E-state index in [2.05, 4.69) is 16.5 Å². The van der Waals surface area contributed by atoms with Crippen LogP contribution in [0.1, 0.15) is 12.0 Å². The van der Waals surface area contributed by atoms with Crippen LogP contribution in [0.2, 0.25) is 0 Å². The number of anilines is 1. The van der Waals surface area contributed by atoms with Crippen molar-refractivity contribution in [1.29, 1.82) is 0 Å². The van der Waals surface area contributed by atoms with E-state index in [9.17, 15) is 13.2 Å². The zero-order chi connectivity index (χ0) is 17.7. The first-order valence-electron chi connectivity index (χ1n) is 7.62. The zero-order valence-corrected chi connectivity index (χ0v) is 14.7. The highest BCUT2D eigenvalue weighted by Crippen LogP contribution is 2.18. The number of hydrogen-bond donors (Lipinski definition) is 0. The summed E-state index contributed by atoms with van der Waals surface area (Å²) >= 11 is 0. The third-order valence-electron chi connectivity index (χ3n) is 3.73. The number of carbonyl (C=O) groups is 1. The summed E-state index contributed by atoms with van der Waals surface area (Å²) in [5.41, 5.74) is 0.701. The van der Waals surface area contributed by atoms with Gasteiger partial charge < -0.3 is 9.80 Å². The lowest BCUT2D eigenvalue weighted by Crippen LogP contribution is -2.40. The lowest BCUT2D eigenvalue weighted by molar-refractivity contribution is -0.127. The molecule has 1 atom stereocenters. The number of nitrogens with zero attached hydrogens (tertiary/aromatic N) is 4. The molecule has 0 saturated carbocycles. The van der Waals surface area contributed by atoms with Crippen LogP contribution in [0, 0.1) is 0 Å². The van der Waals surface area contributed by atoms with Gasteiger partial charge in [-0.2, -0.15) is 0 Å². The average Bonchev–Trinajstić information content (AvgIpc) is 2.90. The van der Waals surface area contributed by atoms with Crippen LogP contribution < -0.4 is 4.90 Å². The number of carbonyl (C=O) groups excluding carboxylic acids is 1. The fraction of sp³-hybridized carbons (Fsp3) is 0.438. The van der Waals surface area contributed by atoms with Crippen molar-refractivity contribution in [2.75, 3.05) is 37.0 Å². The van der Waals surface area contributed by atoms with Crippen LogP contribution in [-0.2, 0) is 14.6 Å². The normalized spacial score (nSPS) is 19.3. The quantitative estimate of drug-likeness (QED) is 0.556. The van der Waals surface area contributed by atoms with Crippen molar-refractivity contribution in [3.8, 4) is 0 Å². The maximum Gasteiger partial charge on any atom is 0.247 e. The van der Waals surface area contributed by atoms with Gasteiger partial charge in [-0.3, -0.25) is 4.79 Å². The van der Waals surface area contributed by atoms with Crippen LogP contribution in [0.4, 0.5) is 5.95 Å². The van der Waals surface area contributed by atoms with Gasteiger partial charge in [-0.15, -0.1) is 6.58 Å². The van der Waals surface area contributed by atoms with Gasteiger partial charge >= 0.3 is 0 Å². The van der Waals surface area contributed by atoms with Crippen LogP contribution in [0.3, 0.4) is 0 Å². The van der Waals surface area contributed by atoms with Gasteiger partial charge in [0.15, 0.2) is 9.84 Å². The van der Waals surface area contributed by atoms with Crippen molar-refractivity contribution in [3.05, 3.63) is 36.7 Å². The van der Waals surface area contributed by atoms with Gasteiger partial charge in [0.1, 0.15) is 0 Å². The minimum atomic E-state index is -3.05. The lowest BCUT2D eigenvalue weighted by atomic mass is 10.2. The molecule has 1 unspecified atom stereocenters. The molecule has 1 aromatic rings. The SMILES string of the molecule is C=CCN(C(=O)/C=C/c1cnc(N(C)C)nc1)C1CCS(=O)(=O)C1. The van der Waals surface area contributed by atoms with Gasteiger partial charge in [-0.1, -0.05) is 6.08 Å². The van der Waals surface area contributed by atoms with Crippen molar-refractivity contribution in [3.63, 3.8) is 0 Å². The summed E-state index contributed by atoms with van der Waals surface area (Å²) in [6.45, 7) is 3.96. The highest BCUT2D eigenvalue weighted by molar-refractivity contribution is 7.91. The Kier molecular flexibility index (Phi) is 5.71. The Morgan fingerprint density at radius 1 is 1.38 bits per heavy atom. The summed E-state index contributed by atoms with van der Waals surface area (Å²) in [4.78, 5) is 24.1. The largest absolute Gasteiger partial charge is 0.347 e. The molecule has 0 bridgehead atoms. The molecule has 0 aromatic carbocycles. The molecule has 1 saturated heterocycles. The van der Waals surface area contributed by atoms with E-state index in [0.717, 1.165) is 0 Å². The molecular formula is C16H22N4O3S. The number of aromatic nitrogens is 2. The Balaban J connectivity index is 2.08. The molecule has 1 aliphatic heterocycles. The van der Waals surface area contributed by atoms with E-state index in [4.69, 9.17) is 0 Å². The van der Waals surface area contributed by atoms with Crippen molar-refractivity contribution in [2.24, 2.45) is 0 Å². The minimum absolute atomic E-state index is 0.0149. The van der Waals surface area contributed by atoms with Crippen LogP contribution in [0.5, 0.6) is 0 Å². The third-order valence-corrected chi connectivity index (χ3v) is 5.48. The van der Waals surface area contributed by atoms with Crippen molar-refractivity contribution < 1.29 is 13.2 Å². The molecule has 1 amide bonds. The second-order valence-corrected chi connectivity index (χ2v) is 8.11. The highest BCUT2D eigenvalue weighted by Gasteiger charge is 2.33. The average molecular weight is 350 g/mol. The van der Waals surface area contributed by atoms with E-state index in [1.54, 1.807) is 34.3 Å². The Hall–Kier alpha value is -2.22. The maximum absolute atomic E-state index is 12.4. The molecule has 0 radical (unpaired) electrons. The Bertz CT molecular complexity index is 726. The van der Waals surface area contributed by atoms with Gasteiger partial charge in [0, 0.05) is 50.7 Å². The second kappa shape index (κ2) is 7.57. The van der Waals surface area contributed by atoms with Crippen molar-refractivity contribution in [2.45, 2.75) is 12.5 Å². The van der Waals surface area contributed by atoms with Crippen LogP contribution in [0.25, 0.3) is 6.08 Å². The predicted molar refractivity (Wildman–Crippen MR) is 94.4 cm³/mol. The first kappa shape index (κ1) is 18.1. The standard InChI is InChI=1S/C16H22N4O3S/c1-4-8-20(14-7-9-24(22,23)12-14)15(21)6-5-13-10-17-16(18-11-13)19(2)3/h4-6,10-11,14H,1,7-9,12H2,2-3H3/b6-5+. The molecule has 0 spiro atoms. The molecule has 0 N–H and O–H groups in total. The predicted octanol–water partition coefficient (Wildman–Crippen LogP) is 0.758. The molecule has 1 aliphatic rings. The maximum atomic E-state index is 12.4. The second-order valence-electron chi connectivity index (χ2n) is 5.88. The van der Waals surface area contributed by atoms with E-state index in [0.29, 0.717) is 24.5 Å². The highest BCUT2D eigenvalue weighted by atomic mass is 32.2. The smallest absolute Gasteiger partial charge is 0.247 e. The van der Waals surface area contributed by atoms with Gasteiger partial charge in [-0.25, -0.2) is 18.4 Å². The molecule has 2 rings (SSSR count). The minimum Gasteiger partial charge on any atom is -0.347 e. The van der Waals surface area contributed by atoms with E-state index >= 15 is 0 Å². The topological polar surface area (TPSA) is 83.5 Å². The number of hydrogen-bond acceptors (Lipinski definition) is 6. The molecule has 1 fully saturated rings. The van der Waals surface area contributed by atoms with Gasteiger partial charge in [0.25, 0.3) is 0 Å². The third kappa shape index (κ3) is 4.64. The fourth-order valence-electron chi connectivity index (χ4n) is 2.49. The van der Waals surface area contributed by atoms with E-state index in [1.807, 2.05) is 14.1 Å². The molecule has 1 aromatic heterocycles. The lowest BCUT2D eigenvalue weighted by Gasteiger charge is -2.25. The molecule has 24 heavy (non-hydrogen) atoms. The number of rotatable bonds is 6. The first-order chi connectivity index (χ1) is 11.3. The van der Waals surface area contributed by atoms with E-state index in [-0.39, 0.29) is 23.5 Å². The summed E-state index contributed by atoms with van der Waals surface area (Å²) < 4.78 is 23.3. The van der Waals surface area contributed by atoms with Crippen LogP contribution in [0.15, 0.2) is 31.1 Å². The van der Waals surface area contributed by atoms with Gasteiger partial charge in [-0.05, 0) is 12.5 Å². The molecular weight excluding hydrogens is 328 g/mol. The van der Waals surface area contributed by atoms with Gasteiger partial charge in [0.05, 0.1) is 11.5 Å². The van der Waals surface area contributed by atoms with Crippen molar-refractivity contribution in [1.82, 2.24) is 14.9 Å². The summed E-state index contributed by atoms with van der Waals surface area (Å²) in [5, 5.41) is 0. The Morgan fingerprint density at radius 2 is 2.04 bits per heavy atom. The van der Waals surface area contributed by atoms with Gasteiger partial charge in [0.2, 0.25) is 11.9 Å². The molecule has 8 heteroatoms. The van der Waals surface area contributed by atoms with Crippen LogP contribution in [-0.4, -0.2) is 67.4 Å². The van der Waals surface area contributed by atoms with Crippen LogP contribution >= 0.6 is 0 Å². The summed E-state index contributed by atoms with van der Waals surface area (Å²) in [6, 6.07) is -0.294. The zero-order valence-electron chi connectivity index (χ0n) is 13.9. The Labute approximate surface area is 142 Å². The molecule has 2 heterocycles. The molecule has 7 nitrogen and oxygen atoms in total. The number of amides is 1. The van der Waals surface area contributed by atoms with E-state index in [1.165, 1.54) is 6.08 Å². The summed E-state index contributed by atoms with van der Waals surface area (Å²) in [7, 11) is 0.640. The molecule has 130 valence electrons.